The van der Waals surface area contributed by atoms with Gasteiger partial charge in [-0.2, -0.15) is 5.26 Å². The van der Waals surface area contributed by atoms with Gasteiger partial charge in [-0.1, -0.05) is 11.6 Å². The molecule has 7 heteroatoms. The van der Waals surface area contributed by atoms with E-state index in [0.29, 0.717) is 0 Å². The first kappa shape index (κ1) is 11.9. The Hall–Kier alpha value is -2.13. The molecule has 0 aliphatic rings. The SMILES string of the molecule is N#CCC(=O)Nc1cc(Cl)ccc1[N+](=O)[O-]. The van der Waals surface area contributed by atoms with E-state index in [9.17, 15) is 14.9 Å². The predicted molar refractivity (Wildman–Crippen MR) is 57.0 cm³/mol. The first-order chi connectivity index (χ1) is 7.54. The molecule has 6 nitrogen and oxygen atoms in total. The summed E-state index contributed by atoms with van der Waals surface area (Å²) in [4.78, 5) is 21.1. The van der Waals surface area contributed by atoms with Crippen LogP contribution in [0.2, 0.25) is 5.02 Å². The fraction of sp³-hybridized carbons (Fsp3) is 0.111. The van der Waals surface area contributed by atoms with E-state index in [4.69, 9.17) is 16.9 Å². The van der Waals surface area contributed by atoms with Crippen molar-refractivity contribution < 1.29 is 9.72 Å². The van der Waals surface area contributed by atoms with E-state index in [1.807, 2.05) is 0 Å². The van der Waals surface area contributed by atoms with E-state index in [1.165, 1.54) is 18.2 Å². The molecule has 82 valence electrons. The van der Waals surface area contributed by atoms with Crippen molar-refractivity contribution in [2.24, 2.45) is 0 Å². The normalized spacial score (nSPS) is 9.25. The van der Waals surface area contributed by atoms with Crippen LogP contribution >= 0.6 is 11.6 Å². The monoisotopic (exact) mass is 239 g/mol. The lowest BCUT2D eigenvalue weighted by Crippen LogP contribution is -2.11. The Kier molecular flexibility index (Phi) is 3.80. The number of benzene rings is 1. The molecule has 0 radical (unpaired) electrons. The van der Waals surface area contributed by atoms with Crippen LogP contribution in [0.4, 0.5) is 11.4 Å². The van der Waals surface area contributed by atoms with Crippen LogP contribution < -0.4 is 5.32 Å². The number of nitriles is 1. The summed E-state index contributed by atoms with van der Waals surface area (Å²) < 4.78 is 0. The lowest BCUT2D eigenvalue weighted by atomic mass is 10.2. The largest absolute Gasteiger partial charge is 0.319 e. The number of rotatable bonds is 3. The molecular weight excluding hydrogens is 234 g/mol. The molecule has 0 fully saturated rings. The van der Waals surface area contributed by atoms with Crippen molar-refractivity contribution in [1.82, 2.24) is 0 Å². The molecule has 0 aromatic heterocycles. The molecule has 1 N–H and O–H groups in total. The molecule has 0 unspecified atom stereocenters. The van der Waals surface area contributed by atoms with Crippen molar-refractivity contribution in [3.8, 4) is 6.07 Å². The first-order valence-electron chi connectivity index (χ1n) is 4.15. The molecule has 0 spiro atoms. The quantitative estimate of drug-likeness (QED) is 0.645. The number of halogens is 1. The number of hydrogen-bond donors (Lipinski definition) is 1. The Morgan fingerprint density at radius 1 is 1.62 bits per heavy atom. The van der Waals surface area contributed by atoms with E-state index in [0.717, 1.165) is 0 Å². The Bertz CT molecular complexity index is 481. The molecule has 1 rings (SSSR count). The van der Waals surface area contributed by atoms with E-state index in [1.54, 1.807) is 6.07 Å². The standard InChI is InChI=1S/C9H6ClN3O3/c10-6-1-2-8(13(15)16)7(5-6)12-9(14)3-4-11/h1-2,5H,3H2,(H,12,14). The number of carbonyl (C=O) groups is 1. The lowest BCUT2D eigenvalue weighted by Gasteiger charge is -2.04. The Morgan fingerprint density at radius 2 is 2.31 bits per heavy atom. The van der Waals surface area contributed by atoms with Crippen LogP contribution in [0.3, 0.4) is 0 Å². The molecule has 16 heavy (non-hydrogen) atoms. The minimum atomic E-state index is -0.641. The summed E-state index contributed by atoms with van der Waals surface area (Å²) in [6, 6.07) is 5.43. The highest BCUT2D eigenvalue weighted by atomic mass is 35.5. The predicted octanol–water partition coefficient (Wildman–Crippen LogP) is 2.10. The van der Waals surface area contributed by atoms with Gasteiger partial charge in [0.25, 0.3) is 5.69 Å². The van der Waals surface area contributed by atoms with Gasteiger partial charge in [-0.3, -0.25) is 14.9 Å². The summed E-state index contributed by atoms with van der Waals surface area (Å²) >= 11 is 5.64. The summed E-state index contributed by atoms with van der Waals surface area (Å²) in [6.45, 7) is 0. The molecule has 1 aromatic carbocycles. The van der Waals surface area contributed by atoms with Gasteiger partial charge in [0, 0.05) is 11.1 Å². The van der Waals surface area contributed by atoms with Crippen LogP contribution in [0, 0.1) is 21.4 Å². The summed E-state index contributed by atoms with van der Waals surface area (Å²) in [6.07, 6.45) is -0.371. The number of amides is 1. The van der Waals surface area contributed by atoms with Gasteiger partial charge in [0.05, 0.1) is 11.0 Å². The van der Waals surface area contributed by atoms with E-state index in [-0.39, 0.29) is 22.8 Å². The topological polar surface area (TPSA) is 96.0 Å². The molecule has 1 amide bonds. The number of hydrogen-bond acceptors (Lipinski definition) is 4. The smallest absolute Gasteiger partial charge is 0.292 e. The van der Waals surface area contributed by atoms with E-state index >= 15 is 0 Å². The molecule has 0 saturated heterocycles. The van der Waals surface area contributed by atoms with Gasteiger partial charge in [0.2, 0.25) is 5.91 Å². The van der Waals surface area contributed by atoms with Crippen molar-refractivity contribution in [3.05, 3.63) is 33.3 Å². The van der Waals surface area contributed by atoms with Crippen LogP contribution in [0.1, 0.15) is 6.42 Å². The van der Waals surface area contributed by atoms with Crippen molar-refractivity contribution >= 4 is 28.9 Å². The third kappa shape index (κ3) is 2.93. The zero-order valence-corrected chi connectivity index (χ0v) is 8.69. The minimum absolute atomic E-state index is 0.0160. The van der Waals surface area contributed by atoms with Crippen molar-refractivity contribution in [2.75, 3.05) is 5.32 Å². The number of carbonyl (C=O) groups excluding carboxylic acids is 1. The van der Waals surface area contributed by atoms with E-state index < -0.39 is 10.8 Å². The zero-order valence-electron chi connectivity index (χ0n) is 7.94. The van der Waals surface area contributed by atoms with Crippen LogP contribution in [0.25, 0.3) is 0 Å². The lowest BCUT2D eigenvalue weighted by molar-refractivity contribution is -0.383. The van der Waals surface area contributed by atoms with Gasteiger partial charge >= 0.3 is 0 Å². The van der Waals surface area contributed by atoms with Crippen molar-refractivity contribution in [2.45, 2.75) is 6.42 Å². The Labute approximate surface area is 95.6 Å². The molecule has 0 saturated carbocycles. The fourth-order valence-corrected chi connectivity index (χ4v) is 1.21. The van der Waals surface area contributed by atoms with Gasteiger partial charge < -0.3 is 5.32 Å². The average Bonchev–Trinajstić information content (AvgIpc) is 2.17. The highest BCUT2D eigenvalue weighted by molar-refractivity contribution is 6.31. The maximum absolute atomic E-state index is 11.1. The molecule has 0 atom stereocenters. The highest BCUT2D eigenvalue weighted by Gasteiger charge is 2.15. The molecule has 0 aliphatic carbocycles. The highest BCUT2D eigenvalue weighted by Crippen LogP contribution is 2.27. The van der Waals surface area contributed by atoms with Crippen LogP contribution in [0.15, 0.2) is 18.2 Å². The van der Waals surface area contributed by atoms with Gasteiger partial charge in [-0.25, -0.2) is 0 Å². The summed E-state index contributed by atoms with van der Waals surface area (Å²) in [5.41, 5.74) is -0.284. The number of anilines is 1. The fourth-order valence-electron chi connectivity index (χ4n) is 1.03. The molecule has 0 bridgehead atoms. The molecule has 0 heterocycles. The second-order valence-electron chi connectivity index (χ2n) is 2.80. The van der Waals surface area contributed by atoms with Crippen molar-refractivity contribution in [3.63, 3.8) is 0 Å². The van der Waals surface area contributed by atoms with E-state index in [2.05, 4.69) is 5.32 Å². The Balaban J connectivity index is 3.02. The van der Waals surface area contributed by atoms with Crippen LogP contribution in [-0.2, 0) is 4.79 Å². The second-order valence-corrected chi connectivity index (χ2v) is 3.24. The van der Waals surface area contributed by atoms with Crippen LogP contribution in [0.5, 0.6) is 0 Å². The minimum Gasteiger partial charge on any atom is -0.319 e. The summed E-state index contributed by atoms with van der Waals surface area (Å²) in [5.74, 6) is -0.618. The third-order valence-corrected chi connectivity index (χ3v) is 1.90. The summed E-state index contributed by atoms with van der Waals surface area (Å²) in [7, 11) is 0. The average molecular weight is 240 g/mol. The number of nitro benzene ring substituents is 1. The number of nitrogens with zero attached hydrogens (tertiary/aromatic N) is 2. The maximum Gasteiger partial charge on any atom is 0.292 e. The zero-order chi connectivity index (χ0) is 12.1. The first-order valence-corrected chi connectivity index (χ1v) is 4.53. The summed E-state index contributed by atoms with van der Waals surface area (Å²) in [5, 5.41) is 21.4. The van der Waals surface area contributed by atoms with Gasteiger partial charge in [0.1, 0.15) is 12.1 Å². The maximum atomic E-state index is 11.1. The van der Waals surface area contributed by atoms with Crippen molar-refractivity contribution in [1.29, 1.82) is 5.26 Å². The molecule has 0 aliphatic heterocycles. The third-order valence-electron chi connectivity index (χ3n) is 1.67. The van der Waals surface area contributed by atoms with Crippen LogP contribution in [-0.4, -0.2) is 10.8 Å². The van der Waals surface area contributed by atoms with Gasteiger partial charge in [-0.15, -0.1) is 0 Å². The second kappa shape index (κ2) is 5.09. The number of nitrogens with one attached hydrogen (secondary N) is 1. The van der Waals surface area contributed by atoms with Gasteiger partial charge in [-0.05, 0) is 12.1 Å². The van der Waals surface area contributed by atoms with Gasteiger partial charge in [0.15, 0.2) is 0 Å². The number of nitro groups is 1. The molecular formula is C9H6ClN3O3. The molecule has 1 aromatic rings. The Morgan fingerprint density at radius 3 is 2.88 bits per heavy atom.